The highest BCUT2D eigenvalue weighted by atomic mass is 32.1. The molecule has 0 aliphatic heterocycles. The summed E-state index contributed by atoms with van der Waals surface area (Å²) in [4.78, 5) is 40.7. The maximum atomic E-state index is 12.8. The number of nitrogens with two attached hydrogens (primary N) is 2. The number of aryl methyl sites for hydroxylation is 2. The number of hydrogen-bond acceptors (Lipinski definition) is 5. The first-order valence-electron chi connectivity index (χ1n) is 7.47. The molecule has 0 aliphatic carbocycles. The van der Waals surface area contributed by atoms with Crippen LogP contribution in [0, 0.1) is 6.92 Å². The minimum Gasteiger partial charge on any atom is -0.370 e. The number of primary amides is 2. The molecule has 0 aromatic carbocycles. The normalized spacial score (nSPS) is 11.0. The van der Waals surface area contributed by atoms with E-state index in [2.05, 4.69) is 4.98 Å². The van der Waals surface area contributed by atoms with Crippen LogP contribution < -0.4 is 17.0 Å². The molecular weight excluding hydrogens is 316 g/mol. The van der Waals surface area contributed by atoms with E-state index in [1.807, 2.05) is 6.92 Å². The molecule has 4 N–H and O–H groups in total. The Morgan fingerprint density at radius 1 is 1.30 bits per heavy atom. The Labute approximate surface area is 137 Å². The van der Waals surface area contributed by atoms with Gasteiger partial charge in [0, 0.05) is 19.4 Å². The number of hydrogen-bond donors (Lipinski definition) is 2. The van der Waals surface area contributed by atoms with Crippen molar-refractivity contribution in [2.75, 3.05) is 0 Å². The monoisotopic (exact) mass is 336 g/mol. The van der Waals surface area contributed by atoms with Crippen molar-refractivity contribution in [2.45, 2.75) is 46.1 Å². The standard InChI is InChI=1S/C15H20N4O3S/c1-3-5-10-18-14-11(8(2)12(23-14)13(17)21)15(22)19(10)7-4-6-9(16)20/h3-7H2,1-2H3,(H2,16,20)(H2,17,21). The summed E-state index contributed by atoms with van der Waals surface area (Å²) >= 11 is 1.15. The Morgan fingerprint density at radius 3 is 2.57 bits per heavy atom. The van der Waals surface area contributed by atoms with E-state index in [9.17, 15) is 14.4 Å². The number of amides is 2. The van der Waals surface area contributed by atoms with Crippen molar-refractivity contribution in [1.29, 1.82) is 0 Å². The van der Waals surface area contributed by atoms with Gasteiger partial charge in [-0.05, 0) is 25.3 Å². The highest BCUT2D eigenvalue weighted by molar-refractivity contribution is 7.20. The fourth-order valence-corrected chi connectivity index (χ4v) is 3.59. The zero-order valence-electron chi connectivity index (χ0n) is 13.2. The lowest BCUT2D eigenvalue weighted by atomic mass is 10.2. The highest BCUT2D eigenvalue weighted by Crippen LogP contribution is 2.27. The van der Waals surface area contributed by atoms with Crippen LogP contribution in [-0.2, 0) is 17.8 Å². The second-order valence-electron chi connectivity index (χ2n) is 5.41. The molecule has 2 amide bonds. The lowest BCUT2D eigenvalue weighted by Crippen LogP contribution is -2.26. The van der Waals surface area contributed by atoms with Crippen molar-refractivity contribution >= 4 is 33.4 Å². The lowest BCUT2D eigenvalue weighted by Gasteiger charge is -2.11. The van der Waals surface area contributed by atoms with Gasteiger partial charge in [-0.25, -0.2) is 4.98 Å². The molecule has 0 saturated heterocycles. The van der Waals surface area contributed by atoms with Crippen molar-refractivity contribution in [3.63, 3.8) is 0 Å². The Kier molecular flexibility index (Phi) is 5.15. The molecule has 8 heteroatoms. The van der Waals surface area contributed by atoms with Gasteiger partial charge in [0.1, 0.15) is 10.7 Å². The Bertz CT molecular complexity index is 822. The van der Waals surface area contributed by atoms with E-state index in [1.165, 1.54) is 0 Å². The number of aromatic nitrogens is 2. The quantitative estimate of drug-likeness (QED) is 0.785. The first-order chi connectivity index (χ1) is 10.9. The maximum absolute atomic E-state index is 12.8. The molecule has 0 saturated carbocycles. The van der Waals surface area contributed by atoms with E-state index in [1.54, 1.807) is 11.5 Å². The number of rotatable bonds is 7. The first kappa shape index (κ1) is 17.1. The second-order valence-corrected chi connectivity index (χ2v) is 6.40. The van der Waals surface area contributed by atoms with E-state index >= 15 is 0 Å². The number of carbonyl (C=O) groups is 2. The molecule has 2 rings (SSSR count). The van der Waals surface area contributed by atoms with Crippen LogP contribution in [0.2, 0.25) is 0 Å². The van der Waals surface area contributed by atoms with Crippen LogP contribution in [0.4, 0.5) is 0 Å². The van der Waals surface area contributed by atoms with Crippen LogP contribution in [0.1, 0.15) is 47.2 Å². The number of nitrogens with zero attached hydrogens (tertiary/aromatic N) is 2. The minimum atomic E-state index is -0.554. The zero-order chi connectivity index (χ0) is 17.1. The third-order valence-electron chi connectivity index (χ3n) is 3.63. The third-order valence-corrected chi connectivity index (χ3v) is 4.83. The predicted molar refractivity (Wildman–Crippen MR) is 89.6 cm³/mol. The van der Waals surface area contributed by atoms with Gasteiger partial charge in [0.05, 0.1) is 10.3 Å². The summed E-state index contributed by atoms with van der Waals surface area (Å²) in [6.45, 7) is 4.08. The molecule has 124 valence electrons. The topological polar surface area (TPSA) is 121 Å². The second kappa shape index (κ2) is 6.91. The molecule has 0 spiro atoms. The Hall–Kier alpha value is -2.22. The van der Waals surface area contributed by atoms with Gasteiger partial charge in [-0.2, -0.15) is 0 Å². The summed E-state index contributed by atoms with van der Waals surface area (Å²) < 4.78 is 1.58. The van der Waals surface area contributed by atoms with Crippen molar-refractivity contribution < 1.29 is 9.59 Å². The molecule has 23 heavy (non-hydrogen) atoms. The van der Waals surface area contributed by atoms with Gasteiger partial charge >= 0.3 is 0 Å². The molecule has 0 fully saturated rings. The molecular formula is C15H20N4O3S. The Morgan fingerprint density at radius 2 is 2.00 bits per heavy atom. The minimum absolute atomic E-state index is 0.191. The summed E-state index contributed by atoms with van der Waals surface area (Å²) in [6, 6.07) is 0. The van der Waals surface area contributed by atoms with Gasteiger partial charge in [-0.15, -0.1) is 11.3 Å². The van der Waals surface area contributed by atoms with Crippen LogP contribution in [0.15, 0.2) is 4.79 Å². The van der Waals surface area contributed by atoms with Gasteiger partial charge in [0.2, 0.25) is 5.91 Å². The van der Waals surface area contributed by atoms with Gasteiger partial charge in [0.15, 0.2) is 0 Å². The molecule has 0 radical (unpaired) electrons. The van der Waals surface area contributed by atoms with E-state index in [0.29, 0.717) is 45.9 Å². The van der Waals surface area contributed by atoms with Crippen LogP contribution in [0.25, 0.3) is 10.2 Å². The van der Waals surface area contributed by atoms with Crippen molar-refractivity contribution in [3.05, 3.63) is 26.6 Å². The maximum Gasteiger partial charge on any atom is 0.262 e. The van der Waals surface area contributed by atoms with Gasteiger partial charge < -0.3 is 11.5 Å². The smallest absolute Gasteiger partial charge is 0.262 e. The molecule has 2 aromatic heterocycles. The van der Waals surface area contributed by atoms with Gasteiger partial charge in [-0.1, -0.05) is 6.92 Å². The van der Waals surface area contributed by atoms with Crippen molar-refractivity contribution in [3.8, 4) is 0 Å². The molecule has 0 bridgehead atoms. The Balaban J connectivity index is 2.58. The lowest BCUT2D eigenvalue weighted by molar-refractivity contribution is -0.118. The van der Waals surface area contributed by atoms with Crippen molar-refractivity contribution in [2.24, 2.45) is 11.5 Å². The SMILES string of the molecule is CCCc1nc2sc(C(N)=O)c(C)c2c(=O)n1CCCC(N)=O. The zero-order valence-corrected chi connectivity index (χ0v) is 14.0. The summed E-state index contributed by atoms with van der Waals surface area (Å²) in [5.74, 6) is -0.291. The fourth-order valence-electron chi connectivity index (χ4n) is 2.55. The average molecular weight is 336 g/mol. The largest absolute Gasteiger partial charge is 0.370 e. The average Bonchev–Trinajstić information content (AvgIpc) is 2.79. The number of fused-ring (bicyclic) bond motifs is 1. The van der Waals surface area contributed by atoms with Crippen molar-refractivity contribution in [1.82, 2.24) is 9.55 Å². The van der Waals surface area contributed by atoms with Gasteiger partial charge in [0.25, 0.3) is 11.5 Å². The number of thiophene rings is 1. The molecule has 0 atom stereocenters. The van der Waals surface area contributed by atoms with E-state index < -0.39 is 11.8 Å². The number of carbonyl (C=O) groups excluding carboxylic acids is 2. The molecule has 0 unspecified atom stereocenters. The van der Waals surface area contributed by atoms with E-state index in [0.717, 1.165) is 17.8 Å². The summed E-state index contributed by atoms with van der Waals surface area (Å²) in [5.41, 5.74) is 10.9. The van der Waals surface area contributed by atoms with E-state index in [-0.39, 0.29) is 12.0 Å². The van der Waals surface area contributed by atoms with Crippen LogP contribution >= 0.6 is 11.3 Å². The first-order valence-corrected chi connectivity index (χ1v) is 8.29. The molecule has 2 heterocycles. The van der Waals surface area contributed by atoms with Crippen LogP contribution in [0.5, 0.6) is 0 Å². The summed E-state index contributed by atoms with van der Waals surface area (Å²) in [6.07, 6.45) is 2.17. The summed E-state index contributed by atoms with van der Waals surface area (Å²) in [5, 5.41) is 0.433. The fraction of sp³-hybridized carbons (Fsp3) is 0.467. The van der Waals surface area contributed by atoms with Gasteiger partial charge in [-0.3, -0.25) is 19.0 Å². The van der Waals surface area contributed by atoms with E-state index in [4.69, 9.17) is 11.5 Å². The molecule has 7 nitrogen and oxygen atoms in total. The van der Waals surface area contributed by atoms with Crippen LogP contribution in [-0.4, -0.2) is 21.4 Å². The molecule has 0 aliphatic rings. The van der Waals surface area contributed by atoms with Crippen LogP contribution in [0.3, 0.4) is 0 Å². The molecule has 2 aromatic rings. The highest BCUT2D eigenvalue weighted by Gasteiger charge is 2.19. The third kappa shape index (κ3) is 3.42. The predicted octanol–water partition coefficient (Wildman–Crippen LogP) is 1.08. The summed E-state index contributed by atoms with van der Waals surface area (Å²) in [7, 11) is 0.